The molecule has 0 saturated heterocycles. The quantitative estimate of drug-likeness (QED) is 0.798. The number of rotatable bonds is 6. The van der Waals surface area contributed by atoms with Gasteiger partial charge in [-0.15, -0.1) is 29.7 Å². The molecule has 0 spiro atoms. The summed E-state index contributed by atoms with van der Waals surface area (Å²) in [5.41, 5.74) is 0. The van der Waals surface area contributed by atoms with E-state index in [1.165, 1.54) is 4.88 Å². The molecule has 5 heteroatoms. The van der Waals surface area contributed by atoms with Gasteiger partial charge in [0.2, 0.25) is 5.91 Å². The van der Waals surface area contributed by atoms with Gasteiger partial charge in [0, 0.05) is 17.2 Å². The SMILES string of the molecule is C=CCNC(=O)CSCc1ccc(Cl)s1. The summed E-state index contributed by atoms with van der Waals surface area (Å²) in [6, 6.07) is 3.86. The zero-order valence-electron chi connectivity index (χ0n) is 8.16. The van der Waals surface area contributed by atoms with Gasteiger partial charge in [0.05, 0.1) is 10.1 Å². The van der Waals surface area contributed by atoms with Crippen molar-refractivity contribution in [3.63, 3.8) is 0 Å². The molecule has 0 unspecified atom stereocenters. The Hall–Kier alpha value is -0.450. The molecule has 0 aliphatic rings. The fraction of sp³-hybridized carbons (Fsp3) is 0.300. The van der Waals surface area contributed by atoms with E-state index in [-0.39, 0.29) is 5.91 Å². The summed E-state index contributed by atoms with van der Waals surface area (Å²) in [4.78, 5) is 12.4. The first-order chi connectivity index (χ1) is 7.22. The second-order valence-electron chi connectivity index (χ2n) is 2.79. The predicted molar refractivity (Wildman–Crippen MR) is 68.7 cm³/mol. The monoisotopic (exact) mass is 261 g/mol. The Labute approximate surface area is 103 Å². The molecule has 82 valence electrons. The predicted octanol–water partition coefficient (Wildman–Crippen LogP) is 2.94. The Bertz CT molecular complexity index is 338. The minimum absolute atomic E-state index is 0.0440. The number of amides is 1. The summed E-state index contributed by atoms with van der Waals surface area (Å²) >= 11 is 8.93. The lowest BCUT2D eigenvalue weighted by Crippen LogP contribution is -2.24. The number of thioether (sulfide) groups is 1. The lowest BCUT2D eigenvalue weighted by molar-refractivity contribution is -0.118. The van der Waals surface area contributed by atoms with Crippen molar-refractivity contribution < 1.29 is 4.79 Å². The number of nitrogens with one attached hydrogen (secondary N) is 1. The van der Waals surface area contributed by atoms with Crippen LogP contribution in [-0.2, 0) is 10.5 Å². The molecule has 0 aromatic carbocycles. The minimum Gasteiger partial charge on any atom is -0.352 e. The molecule has 2 nitrogen and oxygen atoms in total. The second kappa shape index (κ2) is 6.93. The minimum atomic E-state index is 0.0440. The van der Waals surface area contributed by atoms with Crippen molar-refractivity contribution in [3.05, 3.63) is 34.0 Å². The molecule has 1 aromatic rings. The molecule has 1 N–H and O–H groups in total. The molecule has 0 saturated carbocycles. The summed E-state index contributed by atoms with van der Waals surface area (Å²) in [6.07, 6.45) is 1.67. The highest BCUT2D eigenvalue weighted by atomic mass is 35.5. The van der Waals surface area contributed by atoms with Crippen LogP contribution in [0.25, 0.3) is 0 Å². The maximum atomic E-state index is 11.2. The van der Waals surface area contributed by atoms with E-state index in [1.807, 2.05) is 12.1 Å². The van der Waals surface area contributed by atoms with Gasteiger partial charge in [-0.1, -0.05) is 17.7 Å². The van der Waals surface area contributed by atoms with Gasteiger partial charge in [-0.2, -0.15) is 0 Å². The van der Waals surface area contributed by atoms with Crippen LogP contribution >= 0.6 is 34.7 Å². The molecule has 0 aliphatic heterocycles. The highest BCUT2D eigenvalue weighted by molar-refractivity contribution is 7.99. The van der Waals surface area contributed by atoms with Crippen LogP contribution in [0.5, 0.6) is 0 Å². The molecule has 0 aliphatic carbocycles. The molecule has 0 radical (unpaired) electrons. The molecule has 1 aromatic heterocycles. The average Bonchev–Trinajstić information content (AvgIpc) is 2.61. The van der Waals surface area contributed by atoms with Crippen molar-refractivity contribution in [1.29, 1.82) is 0 Å². The van der Waals surface area contributed by atoms with E-state index in [2.05, 4.69) is 11.9 Å². The van der Waals surface area contributed by atoms with Gasteiger partial charge in [-0.05, 0) is 12.1 Å². The third-order valence-electron chi connectivity index (χ3n) is 1.55. The lowest BCUT2D eigenvalue weighted by atomic mass is 10.5. The lowest BCUT2D eigenvalue weighted by Gasteiger charge is -2.00. The van der Waals surface area contributed by atoms with E-state index < -0.39 is 0 Å². The van der Waals surface area contributed by atoms with Gasteiger partial charge < -0.3 is 5.32 Å². The van der Waals surface area contributed by atoms with Crippen molar-refractivity contribution in [1.82, 2.24) is 5.32 Å². The van der Waals surface area contributed by atoms with E-state index in [0.29, 0.717) is 12.3 Å². The molecule has 0 bridgehead atoms. The number of thiophene rings is 1. The summed E-state index contributed by atoms with van der Waals surface area (Å²) < 4.78 is 0.793. The standard InChI is InChI=1S/C10H12ClNOS2/c1-2-5-12-10(13)7-14-6-8-3-4-9(11)15-8/h2-4H,1,5-7H2,(H,12,13). The molecule has 0 fully saturated rings. The largest absolute Gasteiger partial charge is 0.352 e. The van der Waals surface area contributed by atoms with Crippen LogP contribution in [0.4, 0.5) is 0 Å². The van der Waals surface area contributed by atoms with Crippen LogP contribution in [0, 0.1) is 0 Å². The van der Waals surface area contributed by atoms with Crippen LogP contribution in [0.3, 0.4) is 0 Å². The third kappa shape index (κ3) is 5.25. The maximum Gasteiger partial charge on any atom is 0.230 e. The molecule has 15 heavy (non-hydrogen) atoms. The summed E-state index contributed by atoms with van der Waals surface area (Å²) in [6.45, 7) is 4.06. The average molecular weight is 262 g/mol. The Morgan fingerprint density at radius 1 is 1.67 bits per heavy atom. The first-order valence-electron chi connectivity index (χ1n) is 4.42. The third-order valence-corrected chi connectivity index (χ3v) is 3.95. The van der Waals surface area contributed by atoms with Gasteiger partial charge in [-0.3, -0.25) is 4.79 Å². The summed E-state index contributed by atoms with van der Waals surface area (Å²) in [5, 5.41) is 2.72. The first-order valence-corrected chi connectivity index (χ1v) is 6.77. The highest BCUT2D eigenvalue weighted by Gasteiger charge is 2.02. The van der Waals surface area contributed by atoms with E-state index >= 15 is 0 Å². The molecule has 1 amide bonds. The Balaban J connectivity index is 2.16. The van der Waals surface area contributed by atoms with Crippen LogP contribution in [0.2, 0.25) is 4.34 Å². The highest BCUT2D eigenvalue weighted by Crippen LogP contribution is 2.24. The van der Waals surface area contributed by atoms with Crippen LogP contribution in [0.15, 0.2) is 24.8 Å². The molecule has 0 atom stereocenters. The smallest absolute Gasteiger partial charge is 0.230 e. The first kappa shape index (κ1) is 12.6. The Kier molecular flexibility index (Phi) is 5.83. The van der Waals surface area contributed by atoms with Crippen molar-refractivity contribution >= 4 is 40.6 Å². The number of halogens is 1. The summed E-state index contributed by atoms with van der Waals surface area (Å²) in [5.74, 6) is 1.35. The Morgan fingerprint density at radius 3 is 3.07 bits per heavy atom. The zero-order valence-corrected chi connectivity index (χ0v) is 10.6. The summed E-state index contributed by atoms with van der Waals surface area (Å²) in [7, 11) is 0. The van der Waals surface area contributed by atoms with E-state index in [9.17, 15) is 4.79 Å². The topological polar surface area (TPSA) is 29.1 Å². The van der Waals surface area contributed by atoms with Crippen LogP contribution < -0.4 is 5.32 Å². The molecule has 1 heterocycles. The van der Waals surface area contributed by atoms with Crippen LogP contribution in [-0.4, -0.2) is 18.2 Å². The second-order valence-corrected chi connectivity index (χ2v) is 5.58. The van der Waals surface area contributed by atoms with Crippen molar-refractivity contribution in [3.8, 4) is 0 Å². The zero-order chi connectivity index (χ0) is 11.1. The molecular formula is C10H12ClNOS2. The normalized spacial score (nSPS) is 9.93. The number of carbonyl (C=O) groups excluding carboxylic acids is 1. The number of hydrogen-bond donors (Lipinski definition) is 1. The molecule has 1 rings (SSSR count). The maximum absolute atomic E-state index is 11.2. The number of hydrogen-bond acceptors (Lipinski definition) is 3. The van der Waals surface area contributed by atoms with E-state index in [1.54, 1.807) is 29.2 Å². The van der Waals surface area contributed by atoms with Gasteiger partial charge in [0.25, 0.3) is 0 Å². The fourth-order valence-corrected chi connectivity index (χ4v) is 2.97. The van der Waals surface area contributed by atoms with Crippen molar-refractivity contribution in [2.45, 2.75) is 5.75 Å². The van der Waals surface area contributed by atoms with Gasteiger partial charge >= 0.3 is 0 Å². The van der Waals surface area contributed by atoms with Crippen LogP contribution in [0.1, 0.15) is 4.88 Å². The van der Waals surface area contributed by atoms with E-state index in [0.717, 1.165) is 10.1 Å². The number of carbonyl (C=O) groups is 1. The van der Waals surface area contributed by atoms with Gasteiger partial charge in [0.15, 0.2) is 0 Å². The van der Waals surface area contributed by atoms with Gasteiger partial charge in [0.1, 0.15) is 0 Å². The van der Waals surface area contributed by atoms with Gasteiger partial charge in [-0.25, -0.2) is 0 Å². The fourth-order valence-electron chi connectivity index (χ4n) is 0.911. The van der Waals surface area contributed by atoms with E-state index in [4.69, 9.17) is 11.6 Å². The Morgan fingerprint density at radius 2 is 2.47 bits per heavy atom. The van der Waals surface area contributed by atoms with Crippen molar-refractivity contribution in [2.75, 3.05) is 12.3 Å². The van der Waals surface area contributed by atoms with Crippen molar-refractivity contribution in [2.24, 2.45) is 0 Å². The molecular weight excluding hydrogens is 250 g/mol.